The second kappa shape index (κ2) is 4.97. The average Bonchev–Trinajstić information content (AvgIpc) is 2.92. The zero-order valence-corrected chi connectivity index (χ0v) is 11.0. The van der Waals surface area contributed by atoms with Crippen LogP contribution in [0, 0.1) is 11.6 Å². The van der Waals surface area contributed by atoms with E-state index in [-0.39, 0.29) is 0 Å². The molecule has 20 heavy (non-hydrogen) atoms. The number of rotatable bonds is 2. The molecular formula is C14H9F2N3S. The van der Waals surface area contributed by atoms with Crippen molar-refractivity contribution in [1.82, 2.24) is 9.97 Å². The summed E-state index contributed by atoms with van der Waals surface area (Å²) >= 11 is 1.37. The van der Waals surface area contributed by atoms with Crippen LogP contribution in [0.5, 0.6) is 0 Å². The lowest BCUT2D eigenvalue weighted by atomic mass is 10.1. The molecule has 3 nitrogen and oxygen atoms in total. The van der Waals surface area contributed by atoms with Crippen molar-refractivity contribution in [3.05, 3.63) is 53.5 Å². The molecule has 1 aromatic carbocycles. The van der Waals surface area contributed by atoms with Crippen LogP contribution in [0.25, 0.3) is 21.8 Å². The average molecular weight is 289 g/mol. The summed E-state index contributed by atoms with van der Waals surface area (Å²) in [6.07, 6.45) is 1.60. The highest BCUT2D eigenvalue weighted by atomic mass is 32.1. The van der Waals surface area contributed by atoms with Crippen LogP contribution in [0.1, 0.15) is 0 Å². The standard InChI is InChI=1S/C14H9F2N3S/c15-10-4-3-8(6-11(10)16)12-7-20-14(19-12)9-2-1-5-18-13(9)17/h1-7H,(H2,17,18). The molecule has 2 heterocycles. The quantitative estimate of drug-likeness (QED) is 0.782. The van der Waals surface area contributed by atoms with Crippen molar-refractivity contribution in [2.24, 2.45) is 0 Å². The van der Waals surface area contributed by atoms with Gasteiger partial charge in [-0.05, 0) is 30.3 Å². The van der Waals surface area contributed by atoms with Crippen molar-refractivity contribution in [2.45, 2.75) is 0 Å². The van der Waals surface area contributed by atoms with Gasteiger partial charge in [0.1, 0.15) is 10.8 Å². The highest BCUT2D eigenvalue weighted by Gasteiger charge is 2.11. The Morgan fingerprint density at radius 2 is 1.95 bits per heavy atom. The topological polar surface area (TPSA) is 51.8 Å². The number of nitrogens with two attached hydrogens (primary N) is 1. The van der Waals surface area contributed by atoms with Gasteiger partial charge in [0.2, 0.25) is 0 Å². The number of hydrogen-bond acceptors (Lipinski definition) is 4. The molecule has 0 spiro atoms. The van der Waals surface area contributed by atoms with Gasteiger partial charge >= 0.3 is 0 Å². The van der Waals surface area contributed by atoms with Crippen LogP contribution in [0.2, 0.25) is 0 Å². The largest absolute Gasteiger partial charge is 0.383 e. The molecule has 0 radical (unpaired) electrons. The summed E-state index contributed by atoms with van der Waals surface area (Å²) in [5.74, 6) is -1.38. The van der Waals surface area contributed by atoms with E-state index >= 15 is 0 Å². The lowest BCUT2D eigenvalue weighted by molar-refractivity contribution is 0.509. The Balaban J connectivity index is 2.02. The van der Waals surface area contributed by atoms with Gasteiger partial charge in [-0.25, -0.2) is 18.7 Å². The van der Waals surface area contributed by atoms with Crippen molar-refractivity contribution in [3.63, 3.8) is 0 Å². The number of nitrogen functional groups attached to an aromatic ring is 1. The van der Waals surface area contributed by atoms with Crippen LogP contribution in [0.15, 0.2) is 41.9 Å². The van der Waals surface area contributed by atoms with Gasteiger partial charge in [-0.3, -0.25) is 0 Å². The Labute approximate surface area is 117 Å². The number of aromatic nitrogens is 2. The lowest BCUT2D eigenvalue weighted by Gasteiger charge is -2.00. The third-order valence-corrected chi connectivity index (χ3v) is 3.66. The minimum atomic E-state index is -0.891. The van der Waals surface area contributed by atoms with Crippen LogP contribution in [-0.4, -0.2) is 9.97 Å². The first-order valence-corrected chi connectivity index (χ1v) is 6.65. The van der Waals surface area contributed by atoms with E-state index in [9.17, 15) is 8.78 Å². The minimum absolute atomic E-state index is 0.388. The van der Waals surface area contributed by atoms with Gasteiger partial charge < -0.3 is 5.73 Å². The molecule has 0 aliphatic carbocycles. The lowest BCUT2D eigenvalue weighted by Crippen LogP contribution is -1.92. The van der Waals surface area contributed by atoms with E-state index in [1.54, 1.807) is 17.6 Å². The highest BCUT2D eigenvalue weighted by Crippen LogP contribution is 2.31. The van der Waals surface area contributed by atoms with Crippen molar-refractivity contribution in [2.75, 3.05) is 5.73 Å². The van der Waals surface area contributed by atoms with E-state index in [0.29, 0.717) is 22.1 Å². The molecule has 0 amide bonds. The van der Waals surface area contributed by atoms with E-state index < -0.39 is 11.6 Å². The maximum absolute atomic E-state index is 13.2. The Morgan fingerprint density at radius 3 is 2.70 bits per heavy atom. The van der Waals surface area contributed by atoms with Gasteiger partial charge in [0.25, 0.3) is 0 Å². The number of hydrogen-bond donors (Lipinski definition) is 1. The summed E-state index contributed by atoms with van der Waals surface area (Å²) < 4.78 is 26.1. The number of benzene rings is 1. The SMILES string of the molecule is Nc1ncccc1-c1nc(-c2ccc(F)c(F)c2)cs1. The zero-order valence-electron chi connectivity index (χ0n) is 10.2. The summed E-state index contributed by atoms with van der Waals surface area (Å²) in [5, 5.41) is 2.46. The van der Waals surface area contributed by atoms with Crippen molar-refractivity contribution in [3.8, 4) is 21.8 Å². The number of halogens is 2. The normalized spacial score (nSPS) is 10.7. The van der Waals surface area contributed by atoms with Gasteiger partial charge in [-0.15, -0.1) is 11.3 Å². The Kier molecular flexibility index (Phi) is 3.15. The molecule has 2 aromatic heterocycles. The second-order valence-corrected chi connectivity index (χ2v) is 4.96. The van der Waals surface area contributed by atoms with Crippen LogP contribution >= 0.6 is 11.3 Å². The first-order chi connectivity index (χ1) is 9.65. The molecule has 6 heteroatoms. The van der Waals surface area contributed by atoms with Crippen LogP contribution in [-0.2, 0) is 0 Å². The highest BCUT2D eigenvalue weighted by molar-refractivity contribution is 7.13. The summed E-state index contributed by atoms with van der Waals surface area (Å²) in [7, 11) is 0. The third-order valence-electron chi connectivity index (χ3n) is 2.79. The Morgan fingerprint density at radius 1 is 1.10 bits per heavy atom. The zero-order chi connectivity index (χ0) is 14.1. The molecule has 3 rings (SSSR count). The third kappa shape index (κ3) is 2.25. The van der Waals surface area contributed by atoms with Gasteiger partial charge in [0, 0.05) is 17.1 Å². The number of nitrogens with zero attached hydrogens (tertiary/aromatic N) is 2. The smallest absolute Gasteiger partial charge is 0.159 e. The molecular weight excluding hydrogens is 280 g/mol. The molecule has 2 N–H and O–H groups in total. The molecule has 0 saturated carbocycles. The molecule has 0 unspecified atom stereocenters. The van der Waals surface area contributed by atoms with Crippen molar-refractivity contribution < 1.29 is 8.78 Å². The first kappa shape index (κ1) is 12.7. The van der Waals surface area contributed by atoms with Gasteiger partial charge in [0.05, 0.1) is 11.3 Å². The molecule has 0 fully saturated rings. The molecule has 3 aromatic rings. The minimum Gasteiger partial charge on any atom is -0.383 e. The molecule has 0 bridgehead atoms. The summed E-state index contributed by atoms with van der Waals surface area (Å²) in [5.41, 5.74) is 7.62. The fourth-order valence-corrected chi connectivity index (χ4v) is 2.65. The fraction of sp³-hybridized carbons (Fsp3) is 0. The van der Waals surface area contributed by atoms with Crippen molar-refractivity contribution >= 4 is 17.2 Å². The Bertz CT molecular complexity index is 771. The van der Waals surface area contributed by atoms with Gasteiger partial charge in [0.15, 0.2) is 11.6 Å². The number of thiazole rings is 1. The predicted molar refractivity (Wildman–Crippen MR) is 75.1 cm³/mol. The monoisotopic (exact) mass is 289 g/mol. The molecule has 0 atom stereocenters. The number of pyridine rings is 1. The molecule has 0 saturated heterocycles. The van der Waals surface area contributed by atoms with Crippen LogP contribution in [0.4, 0.5) is 14.6 Å². The van der Waals surface area contributed by atoms with Crippen LogP contribution in [0.3, 0.4) is 0 Å². The fourth-order valence-electron chi connectivity index (χ4n) is 1.78. The van der Waals surface area contributed by atoms with Gasteiger partial charge in [-0.2, -0.15) is 0 Å². The molecule has 0 aliphatic heterocycles. The van der Waals surface area contributed by atoms with E-state index in [1.807, 2.05) is 6.07 Å². The Hall–Kier alpha value is -2.34. The van der Waals surface area contributed by atoms with Crippen molar-refractivity contribution in [1.29, 1.82) is 0 Å². The van der Waals surface area contributed by atoms with E-state index in [0.717, 1.165) is 17.7 Å². The summed E-state index contributed by atoms with van der Waals surface area (Å²) in [6, 6.07) is 7.28. The maximum Gasteiger partial charge on any atom is 0.159 e. The van der Waals surface area contributed by atoms with Gasteiger partial charge in [-0.1, -0.05) is 0 Å². The molecule has 100 valence electrons. The second-order valence-electron chi connectivity index (χ2n) is 4.10. The number of anilines is 1. The van der Waals surface area contributed by atoms with E-state index in [1.165, 1.54) is 17.4 Å². The summed E-state index contributed by atoms with van der Waals surface area (Å²) in [4.78, 5) is 8.39. The maximum atomic E-state index is 13.2. The predicted octanol–water partition coefficient (Wildman–Crippen LogP) is 3.73. The van der Waals surface area contributed by atoms with E-state index in [2.05, 4.69) is 9.97 Å². The first-order valence-electron chi connectivity index (χ1n) is 5.77. The van der Waals surface area contributed by atoms with E-state index in [4.69, 9.17) is 5.73 Å². The summed E-state index contributed by atoms with van der Waals surface area (Å²) in [6.45, 7) is 0. The van der Waals surface area contributed by atoms with Crippen LogP contribution < -0.4 is 5.73 Å². The molecule has 0 aliphatic rings.